The van der Waals surface area contributed by atoms with Gasteiger partial charge in [-0.3, -0.25) is 14.0 Å². The molecular formula is C16H13F2N3O2S. The largest absolute Gasteiger partial charge is 0.348 e. The Morgan fingerprint density at radius 1 is 1.33 bits per heavy atom. The summed E-state index contributed by atoms with van der Waals surface area (Å²) >= 11 is 1.29. The van der Waals surface area contributed by atoms with Crippen LogP contribution < -0.4 is 10.9 Å². The van der Waals surface area contributed by atoms with Gasteiger partial charge in [0.25, 0.3) is 11.5 Å². The Hall–Kier alpha value is -2.61. The number of carbonyl (C=O) groups is 1. The fourth-order valence-electron chi connectivity index (χ4n) is 2.36. The summed E-state index contributed by atoms with van der Waals surface area (Å²) in [5.41, 5.74) is -0.503. The molecule has 0 unspecified atom stereocenters. The number of carbonyl (C=O) groups excluding carboxylic acids is 1. The molecule has 8 heteroatoms. The second kappa shape index (κ2) is 6.48. The molecule has 2 aromatic heterocycles. The highest BCUT2D eigenvalue weighted by molar-refractivity contribution is 7.15. The van der Waals surface area contributed by atoms with Gasteiger partial charge < -0.3 is 5.32 Å². The van der Waals surface area contributed by atoms with E-state index in [0.29, 0.717) is 17.1 Å². The SMILES string of the molecule is CCc1nc2sccn2c(=O)c1C(=O)NCc1c(F)cccc1F. The van der Waals surface area contributed by atoms with E-state index in [1.165, 1.54) is 28.0 Å². The van der Waals surface area contributed by atoms with E-state index in [-0.39, 0.29) is 17.7 Å². The number of hydrogen-bond acceptors (Lipinski definition) is 4. The molecule has 0 atom stereocenters. The van der Waals surface area contributed by atoms with Crippen LogP contribution in [0.3, 0.4) is 0 Å². The van der Waals surface area contributed by atoms with Crippen molar-refractivity contribution in [2.24, 2.45) is 0 Å². The number of amides is 1. The molecule has 0 saturated carbocycles. The fraction of sp³-hybridized carbons (Fsp3) is 0.188. The molecule has 0 aliphatic rings. The maximum Gasteiger partial charge on any atom is 0.271 e. The Labute approximate surface area is 139 Å². The molecule has 0 spiro atoms. The molecule has 1 aromatic carbocycles. The number of halogens is 2. The van der Waals surface area contributed by atoms with Crippen LogP contribution in [0, 0.1) is 11.6 Å². The van der Waals surface area contributed by atoms with Crippen molar-refractivity contribution in [3.63, 3.8) is 0 Å². The van der Waals surface area contributed by atoms with Crippen molar-refractivity contribution in [1.82, 2.24) is 14.7 Å². The number of thiazole rings is 1. The predicted octanol–water partition coefficient (Wildman–Crippen LogP) is 2.53. The fourth-order valence-corrected chi connectivity index (χ4v) is 3.09. The Bertz CT molecular complexity index is 961. The highest BCUT2D eigenvalue weighted by atomic mass is 32.1. The van der Waals surface area contributed by atoms with E-state index in [1.54, 1.807) is 12.3 Å². The van der Waals surface area contributed by atoms with E-state index in [0.717, 1.165) is 12.1 Å². The predicted molar refractivity (Wildman–Crippen MR) is 86.2 cm³/mol. The molecule has 1 amide bonds. The number of nitrogens with one attached hydrogen (secondary N) is 1. The zero-order chi connectivity index (χ0) is 17.3. The lowest BCUT2D eigenvalue weighted by Crippen LogP contribution is -2.33. The van der Waals surface area contributed by atoms with Crippen LogP contribution in [0.1, 0.15) is 28.5 Å². The van der Waals surface area contributed by atoms with Crippen LogP contribution in [-0.2, 0) is 13.0 Å². The molecule has 3 aromatic rings. The van der Waals surface area contributed by atoms with Crippen molar-refractivity contribution in [2.75, 3.05) is 0 Å². The van der Waals surface area contributed by atoms with Gasteiger partial charge in [0.2, 0.25) is 0 Å². The maximum atomic E-state index is 13.6. The molecule has 0 bridgehead atoms. The lowest BCUT2D eigenvalue weighted by Gasteiger charge is -2.09. The summed E-state index contributed by atoms with van der Waals surface area (Å²) in [4.78, 5) is 29.7. The molecule has 0 saturated heterocycles. The van der Waals surface area contributed by atoms with Crippen LogP contribution in [0.25, 0.3) is 4.96 Å². The number of benzene rings is 1. The first-order valence-electron chi connectivity index (χ1n) is 7.22. The van der Waals surface area contributed by atoms with Gasteiger partial charge in [-0.25, -0.2) is 13.8 Å². The average molecular weight is 349 g/mol. The first-order chi connectivity index (χ1) is 11.5. The number of hydrogen-bond donors (Lipinski definition) is 1. The third kappa shape index (κ3) is 2.80. The van der Waals surface area contributed by atoms with E-state index in [9.17, 15) is 18.4 Å². The molecule has 0 radical (unpaired) electrons. The van der Waals surface area contributed by atoms with E-state index in [2.05, 4.69) is 10.3 Å². The van der Waals surface area contributed by atoms with Gasteiger partial charge in [-0.05, 0) is 18.6 Å². The first kappa shape index (κ1) is 16.3. The molecule has 5 nitrogen and oxygen atoms in total. The van der Waals surface area contributed by atoms with Crippen molar-refractivity contribution >= 4 is 22.2 Å². The first-order valence-corrected chi connectivity index (χ1v) is 8.10. The Morgan fingerprint density at radius 3 is 2.71 bits per heavy atom. The van der Waals surface area contributed by atoms with Gasteiger partial charge in [-0.15, -0.1) is 11.3 Å². The molecule has 24 heavy (non-hydrogen) atoms. The Balaban J connectivity index is 1.94. The summed E-state index contributed by atoms with van der Waals surface area (Å²) in [6.45, 7) is 1.42. The monoisotopic (exact) mass is 349 g/mol. The zero-order valence-electron chi connectivity index (χ0n) is 12.7. The highest BCUT2D eigenvalue weighted by Gasteiger charge is 2.20. The molecule has 3 rings (SSSR count). The van der Waals surface area contributed by atoms with Gasteiger partial charge in [0, 0.05) is 23.7 Å². The van der Waals surface area contributed by atoms with Gasteiger partial charge in [0.1, 0.15) is 17.2 Å². The van der Waals surface area contributed by atoms with E-state index in [4.69, 9.17) is 0 Å². The topological polar surface area (TPSA) is 63.5 Å². The van der Waals surface area contributed by atoms with Crippen LogP contribution >= 0.6 is 11.3 Å². The van der Waals surface area contributed by atoms with Crippen molar-refractivity contribution < 1.29 is 13.6 Å². The maximum absolute atomic E-state index is 13.6. The molecule has 0 aliphatic heterocycles. The van der Waals surface area contributed by atoms with Crippen LogP contribution in [0.15, 0.2) is 34.6 Å². The lowest BCUT2D eigenvalue weighted by atomic mass is 10.1. The summed E-state index contributed by atoms with van der Waals surface area (Å²) in [5, 5.41) is 4.09. The summed E-state index contributed by atoms with van der Waals surface area (Å²) < 4.78 is 28.5. The molecule has 0 fully saturated rings. The summed E-state index contributed by atoms with van der Waals surface area (Å²) in [6.07, 6.45) is 1.92. The number of aromatic nitrogens is 2. The summed E-state index contributed by atoms with van der Waals surface area (Å²) in [7, 11) is 0. The third-order valence-electron chi connectivity index (χ3n) is 3.59. The zero-order valence-corrected chi connectivity index (χ0v) is 13.5. The Morgan fingerprint density at radius 2 is 2.04 bits per heavy atom. The smallest absolute Gasteiger partial charge is 0.271 e. The van der Waals surface area contributed by atoms with Crippen molar-refractivity contribution in [1.29, 1.82) is 0 Å². The number of fused-ring (bicyclic) bond motifs is 1. The minimum Gasteiger partial charge on any atom is -0.348 e. The van der Waals surface area contributed by atoms with Crippen LogP contribution in [0.5, 0.6) is 0 Å². The summed E-state index contributed by atoms with van der Waals surface area (Å²) in [6, 6.07) is 3.46. The van der Waals surface area contributed by atoms with Gasteiger partial charge in [0.05, 0.1) is 5.69 Å². The molecule has 124 valence electrons. The number of nitrogens with zero attached hydrogens (tertiary/aromatic N) is 2. The third-order valence-corrected chi connectivity index (χ3v) is 4.35. The van der Waals surface area contributed by atoms with Gasteiger partial charge in [-0.2, -0.15) is 0 Å². The number of aryl methyl sites for hydroxylation is 1. The molecule has 0 aliphatic carbocycles. The average Bonchev–Trinajstić information content (AvgIpc) is 3.02. The molecule has 1 N–H and O–H groups in total. The van der Waals surface area contributed by atoms with Gasteiger partial charge >= 0.3 is 0 Å². The Kier molecular flexibility index (Phi) is 4.39. The van der Waals surface area contributed by atoms with Crippen molar-refractivity contribution in [2.45, 2.75) is 19.9 Å². The second-order valence-corrected chi connectivity index (χ2v) is 5.90. The molecule has 2 heterocycles. The van der Waals surface area contributed by atoms with E-state index >= 15 is 0 Å². The summed E-state index contributed by atoms with van der Waals surface area (Å²) in [5.74, 6) is -2.21. The normalized spacial score (nSPS) is 11.0. The highest BCUT2D eigenvalue weighted by Crippen LogP contribution is 2.13. The minimum atomic E-state index is -0.755. The standard InChI is InChI=1S/C16H13F2N3O2S/c1-2-12-13(15(23)21-6-7-24-16(21)20-12)14(22)19-8-9-10(17)4-3-5-11(9)18/h3-7H,2,8H2,1H3,(H,19,22). The van der Waals surface area contributed by atoms with Crippen LogP contribution in [0.4, 0.5) is 8.78 Å². The quantitative estimate of drug-likeness (QED) is 0.787. The lowest BCUT2D eigenvalue weighted by molar-refractivity contribution is 0.0947. The minimum absolute atomic E-state index is 0.106. The van der Waals surface area contributed by atoms with Crippen molar-refractivity contribution in [3.05, 3.63) is 68.6 Å². The van der Waals surface area contributed by atoms with Crippen molar-refractivity contribution in [3.8, 4) is 0 Å². The number of rotatable bonds is 4. The van der Waals surface area contributed by atoms with E-state index in [1.807, 2.05) is 0 Å². The van der Waals surface area contributed by atoms with Gasteiger partial charge in [-0.1, -0.05) is 13.0 Å². The van der Waals surface area contributed by atoms with Crippen LogP contribution in [-0.4, -0.2) is 15.3 Å². The van der Waals surface area contributed by atoms with Gasteiger partial charge in [0.15, 0.2) is 4.96 Å². The second-order valence-electron chi connectivity index (χ2n) is 5.03. The van der Waals surface area contributed by atoms with E-state index < -0.39 is 23.1 Å². The molecular weight excluding hydrogens is 336 g/mol. The van der Waals surface area contributed by atoms with Crippen LogP contribution in [0.2, 0.25) is 0 Å².